The summed E-state index contributed by atoms with van der Waals surface area (Å²) in [7, 11) is 0. The van der Waals surface area contributed by atoms with E-state index in [4.69, 9.17) is 4.52 Å². The van der Waals surface area contributed by atoms with Crippen molar-refractivity contribution < 1.29 is 14.1 Å². The minimum absolute atomic E-state index is 0.0769. The van der Waals surface area contributed by atoms with E-state index in [1.807, 2.05) is 39.0 Å². The molecule has 1 aromatic carbocycles. The molecule has 8 heteroatoms. The minimum atomic E-state index is -0.179. The van der Waals surface area contributed by atoms with Crippen LogP contribution in [0.3, 0.4) is 0 Å². The SMILES string of the molecule is Cc1ccc(NC(=O)C(C)C)cc1NC(=O)CCc1nc(-c2cccnc2)no1. The van der Waals surface area contributed by atoms with Gasteiger partial charge in [0.25, 0.3) is 0 Å². The molecule has 0 saturated heterocycles. The van der Waals surface area contributed by atoms with Gasteiger partial charge < -0.3 is 15.2 Å². The van der Waals surface area contributed by atoms with Crippen molar-refractivity contribution in [1.29, 1.82) is 0 Å². The summed E-state index contributed by atoms with van der Waals surface area (Å²) in [6.45, 7) is 5.54. The predicted octanol–water partition coefficient (Wildman–Crippen LogP) is 3.61. The Morgan fingerprint density at radius 1 is 1.17 bits per heavy atom. The molecule has 8 nitrogen and oxygen atoms in total. The minimum Gasteiger partial charge on any atom is -0.339 e. The number of hydrogen-bond acceptors (Lipinski definition) is 6. The zero-order chi connectivity index (χ0) is 20.8. The van der Waals surface area contributed by atoms with Crippen molar-refractivity contribution in [3.05, 3.63) is 54.2 Å². The van der Waals surface area contributed by atoms with Crippen molar-refractivity contribution in [3.63, 3.8) is 0 Å². The summed E-state index contributed by atoms with van der Waals surface area (Å²) in [5.74, 6) is 0.445. The van der Waals surface area contributed by atoms with Crippen LogP contribution in [-0.2, 0) is 16.0 Å². The van der Waals surface area contributed by atoms with Crippen LogP contribution in [0, 0.1) is 12.8 Å². The maximum absolute atomic E-state index is 12.4. The van der Waals surface area contributed by atoms with E-state index in [9.17, 15) is 9.59 Å². The number of carbonyl (C=O) groups is 2. The fourth-order valence-electron chi connectivity index (χ4n) is 2.52. The van der Waals surface area contributed by atoms with E-state index in [2.05, 4.69) is 25.8 Å². The molecule has 2 heterocycles. The number of nitrogens with zero attached hydrogens (tertiary/aromatic N) is 3. The number of nitrogens with one attached hydrogen (secondary N) is 2. The molecule has 0 aliphatic carbocycles. The number of aryl methyl sites for hydroxylation is 2. The first-order valence-electron chi connectivity index (χ1n) is 9.36. The highest BCUT2D eigenvalue weighted by molar-refractivity contribution is 5.95. The summed E-state index contributed by atoms with van der Waals surface area (Å²) < 4.78 is 5.21. The smallest absolute Gasteiger partial charge is 0.227 e. The molecule has 2 amide bonds. The van der Waals surface area contributed by atoms with E-state index >= 15 is 0 Å². The van der Waals surface area contributed by atoms with E-state index < -0.39 is 0 Å². The van der Waals surface area contributed by atoms with Crippen molar-refractivity contribution in [2.24, 2.45) is 5.92 Å². The van der Waals surface area contributed by atoms with E-state index in [0.29, 0.717) is 29.5 Å². The van der Waals surface area contributed by atoms with Crippen LogP contribution in [0.5, 0.6) is 0 Å². The molecule has 150 valence electrons. The number of hydrogen-bond donors (Lipinski definition) is 2. The Balaban J connectivity index is 1.58. The molecular weight excluding hydrogens is 370 g/mol. The van der Waals surface area contributed by atoms with Crippen LogP contribution in [0.2, 0.25) is 0 Å². The van der Waals surface area contributed by atoms with Crippen LogP contribution in [0.25, 0.3) is 11.4 Å². The van der Waals surface area contributed by atoms with Crippen LogP contribution in [0.4, 0.5) is 11.4 Å². The van der Waals surface area contributed by atoms with Gasteiger partial charge in [-0.15, -0.1) is 0 Å². The fourth-order valence-corrected chi connectivity index (χ4v) is 2.52. The highest BCUT2D eigenvalue weighted by atomic mass is 16.5. The average Bonchev–Trinajstić information content (AvgIpc) is 3.18. The first-order chi connectivity index (χ1) is 13.9. The van der Waals surface area contributed by atoms with Crippen molar-refractivity contribution >= 4 is 23.2 Å². The monoisotopic (exact) mass is 393 g/mol. The van der Waals surface area contributed by atoms with Gasteiger partial charge in [-0.25, -0.2) is 0 Å². The molecule has 0 spiro atoms. The van der Waals surface area contributed by atoms with E-state index in [1.54, 1.807) is 24.5 Å². The van der Waals surface area contributed by atoms with E-state index in [-0.39, 0.29) is 24.2 Å². The zero-order valence-electron chi connectivity index (χ0n) is 16.6. The molecule has 0 fully saturated rings. The molecule has 0 aliphatic heterocycles. The number of amides is 2. The summed E-state index contributed by atoms with van der Waals surface area (Å²) in [4.78, 5) is 32.5. The Morgan fingerprint density at radius 3 is 2.72 bits per heavy atom. The molecule has 2 aromatic heterocycles. The van der Waals surface area contributed by atoms with Gasteiger partial charge in [-0.1, -0.05) is 25.1 Å². The number of benzene rings is 1. The number of anilines is 2. The van der Waals surface area contributed by atoms with E-state index in [1.165, 1.54) is 0 Å². The topological polar surface area (TPSA) is 110 Å². The number of rotatable bonds is 7. The van der Waals surface area contributed by atoms with Crippen LogP contribution >= 0.6 is 0 Å². The van der Waals surface area contributed by atoms with Crippen LogP contribution < -0.4 is 10.6 Å². The van der Waals surface area contributed by atoms with Crippen molar-refractivity contribution in [1.82, 2.24) is 15.1 Å². The standard InChI is InChI=1S/C21H23N5O3/c1-13(2)21(28)23-16-7-6-14(3)17(11-16)24-18(27)8-9-19-25-20(26-29-19)15-5-4-10-22-12-15/h4-7,10-13H,8-9H2,1-3H3,(H,23,28)(H,24,27). The highest BCUT2D eigenvalue weighted by Crippen LogP contribution is 2.21. The molecule has 2 N–H and O–H groups in total. The molecule has 0 atom stereocenters. The van der Waals surface area contributed by atoms with Crippen LogP contribution in [-0.4, -0.2) is 26.9 Å². The Morgan fingerprint density at radius 2 is 2.00 bits per heavy atom. The van der Waals surface area contributed by atoms with Gasteiger partial charge in [0.15, 0.2) is 0 Å². The number of carbonyl (C=O) groups excluding carboxylic acids is 2. The molecule has 0 unspecified atom stereocenters. The summed E-state index contributed by atoms with van der Waals surface area (Å²) in [5.41, 5.74) is 2.95. The zero-order valence-corrected chi connectivity index (χ0v) is 16.6. The predicted molar refractivity (Wildman–Crippen MR) is 109 cm³/mol. The Labute approximate surface area is 168 Å². The van der Waals surface area contributed by atoms with Crippen LogP contribution in [0.15, 0.2) is 47.2 Å². The van der Waals surface area contributed by atoms with E-state index in [0.717, 1.165) is 11.1 Å². The largest absolute Gasteiger partial charge is 0.339 e. The van der Waals surface area contributed by atoms with Gasteiger partial charge in [0.2, 0.25) is 23.5 Å². The molecule has 0 radical (unpaired) electrons. The highest BCUT2D eigenvalue weighted by Gasteiger charge is 2.13. The van der Waals surface area contributed by atoms with Gasteiger partial charge in [0.05, 0.1) is 0 Å². The Hall–Kier alpha value is -3.55. The first kappa shape index (κ1) is 20.2. The van der Waals surface area contributed by atoms with Gasteiger partial charge in [-0.3, -0.25) is 14.6 Å². The lowest BCUT2D eigenvalue weighted by molar-refractivity contribution is -0.119. The lowest BCUT2D eigenvalue weighted by Gasteiger charge is -2.12. The summed E-state index contributed by atoms with van der Waals surface area (Å²) >= 11 is 0. The maximum Gasteiger partial charge on any atom is 0.227 e. The average molecular weight is 393 g/mol. The third-order valence-corrected chi connectivity index (χ3v) is 4.26. The van der Waals surface area contributed by atoms with Crippen molar-refractivity contribution in [2.45, 2.75) is 33.6 Å². The van der Waals surface area contributed by atoms with Crippen LogP contribution in [0.1, 0.15) is 31.7 Å². The lowest BCUT2D eigenvalue weighted by Crippen LogP contribution is -2.18. The molecule has 3 rings (SSSR count). The van der Waals surface area contributed by atoms with Crippen molar-refractivity contribution in [2.75, 3.05) is 10.6 Å². The van der Waals surface area contributed by atoms with Gasteiger partial charge >= 0.3 is 0 Å². The molecule has 0 aliphatic rings. The second-order valence-corrected chi connectivity index (χ2v) is 6.98. The fraction of sp³-hybridized carbons (Fsp3) is 0.286. The Kier molecular flexibility index (Phi) is 6.33. The third kappa shape index (κ3) is 5.47. The van der Waals surface area contributed by atoms with Gasteiger partial charge in [-0.05, 0) is 36.8 Å². The normalized spacial score (nSPS) is 10.8. The van der Waals surface area contributed by atoms with Gasteiger partial charge in [0, 0.05) is 48.1 Å². The summed E-state index contributed by atoms with van der Waals surface area (Å²) in [6.07, 6.45) is 3.83. The Bertz CT molecular complexity index is 999. The number of pyridine rings is 1. The number of aromatic nitrogens is 3. The van der Waals surface area contributed by atoms with Gasteiger partial charge in [0.1, 0.15) is 0 Å². The van der Waals surface area contributed by atoms with Gasteiger partial charge in [-0.2, -0.15) is 4.98 Å². The molecule has 0 saturated carbocycles. The summed E-state index contributed by atoms with van der Waals surface area (Å²) in [6, 6.07) is 9.04. The second kappa shape index (κ2) is 9.09. The lowest BCUT2D eigenvalue weighted by atomic mass is 10.1. The van der Waals surface area contributed by atoms with Crippen molar-refractivity contribution in [3.8, 4) is 11.4 Å². The first-order valence-corrected chi connectivity index (χ1v) is 9.36. The molecule has 3 aromatic rings. The maximum atomic E-state index is 12.4. The molecule has 29 heavy (non-hydrogen) atoms. The third-order valence-electron chi connectivity index (χ3n) is 4.26. The summed E-state index contributed by atoms with van der Waals surface area (Å²) in [5, 5.41) is 9.62. The second-order valence-electron chi connectivity index (χ2n) is 6.98. The molecule has 0 bridgehead atoms. The molecular formula is C21H23N5O3. The quantitative estimate of drug-likeness (QED) is 0.634.